The highest BCUT2D eigenvalue weighted by atomic mass is 32.2. The van der Waals surface area contributed by atoms with Crippen molar-refractivity contribution in [2.24, 2.45) is 0 Å². The van der Waals surface area contributed by atoms with Crippen LogP contribution in [0.25, 0.3) is 0 Å². The molecule has 2 aromatic rings. The topological polar surface area (TPSA) is 122 Å². The summed E-state index contributed by atoms with van der Waals surface area (Å²) < 4.78 is 65.4. The number of nitrogens with zero attached hydrogens (tertiary/aromatic N) is 2. The van der Waals surface area contributed by atoms with E-state index >= 15 is 0 Å². The number of amides is 1. The SMILES string of the molecule is COc1ccc(S(=O)(=O)N2CCCC2)cc1CCC(=O)NCCOc1ccc(S(=O)(=O)N2CCCCC2)cc1. The summed E-state index contributed by atoms with van der Waals surface area (Å²) >= 11 is 0. The van der Waals surface area contributed by atoms with E-state index in [1.807, 2.05) is 0 Å². The fourth-order valence-electron chi connectivity index (χ4n) is 4.85. The summed E-state index contributed by atoms with van der Waals surface area (Å²) in [5.74, 6) is 0.858. The van der Waals surface area contributed by atoms with Crippen molar-refractivity contribution in [1.29, 1.82) is 0 Å². The summed E-state index contributed by atoms with van der Waals surface area (Å²) in [7, 11) is -5.54. The zero-order valence-electron chi connectivity index (χ0n) is 22.3. The smallest absolute Gasteiger partial charge is 0.243 e. The molecule has 12 heteroatoms. The van der Waals surface area contributed by atoms with Crippen LogP contribution in [-0.2, 0) is 31.3 Å². The molecule has 1 N–H and O–H groups in total. The molecular formula is C27H37N3O7S2. The molecule has 2 aliphatic rings. The van der Waals surface area contributed by atoms with Crippen LogP contribution in [0.5, 0.6) is 11.5 Å². The van der Waals surface area contributed by atoms with Gasteiger partial charge in [0.2, 0.25) is 26.0 Å². The number of piperidine rings is 1. The first-order valence-corrected chi connectivity index (χ1v) is 16.3. The number of hydrogen-bond donors (Lipinski definition) is 1. The first-order chi connectivity index (χ1) is 18.7. The summed E-state index contributed by atoms with van der Waals surface area (Å²) in [6, 6.07) is 11.1. The molecule has 0 atom stereocenters. The number of ether oxygens (including phenoxy) is 2. The van der Waals surface area contributed by atoms with Crippen LogP contribution in [0.1, 0.15) is 44.1 Å². The van der Waals surface area contributed by atoms with E-state index in [9.17, 15) is 21.6 Å². The molecule has 0 aromatic heterocycles. The molecule has 2 heterocycles. The first kappa shape index (κ1) is 29.3. The van der Waals surface area contributed by atoms with E-state index in [4.69, 9.17) is 9.47 Å². The third-order valence-electron chi connectivity index (χ3n) is 7.05. The van der Waals surface area contributed by atoms with Crippen molar-refractivity contribution < 1.29 is 31.1 Å². The van der Waals surface area contributed by atoms with E-state index in [0.29, 0.717) is 49.7 Å². The summed E-state index contributed by atoms with van der Waals surface area (Å²) in [6.45, 7) is 2.64. The van der Waals surface area contributed by atoms with Gasteiger partial charge in [0.1, 0.15) is 18.1 Å². The molecule has 0 unspecified atom stereocenters. The Kier molecular flexibility index (Phi) is 9.86. The molecule has 39 heavy (non-hydrogen) atoms. The number of carbonyl (C=O) groups is 1. The lowest BCUT2D eigenvalue weighted by molar-refractivity contribution is -0.121. The van der Waals surface area contributed by atoms with Gasteiger partial charge in [-0.25, -0.2) is 16.8 Å². The highest BCUT2D eigenvalue weighted by molar-refractivity contribution is 7.89. The highest BCUT2D eigenvalue weighted by Crippen LogP contribution is 2.27. The average molecular weight is 580 g/mol. The van der Waals surface area contributed by atoms with Crippen LogP contribution < -0.4 is 14.8 Å². The summed E-state index contributed by atoms with van der Waals surface area (Å²) in [6.07, 6.45) is 5.02. The normalized spacial score (nSPS) is 17.2. The first-order valence-electron chi connectivity index (χ1n) is 13.4. The number of nitrogens with one attached hydrogen (secondary N) is 1. The van der Waals surface area contributed by atoms with E-state index in [1.165, 1.54) is 15.7 Å². The van der Waals surface area contributed by atoms with Gasteiger partial charge < -0.3 is 14.8 Å². The van der Waals surface area contributed by atoms with Gasteiger partial charge in [-0.15, -0.1) is 0 Å². The van der Waals surface area contributed by atoms with Crippen LogP contribution in [0.4, 0.5) is 0 Å². The summed E-state index contributed by atoms with van der Waals surface area (Å²) in [4.78, 5) is 12.9. The Balaban J connectivity index is 1.24. The summed E-state index contributed by atoms with van der Waals surface area (Å²) in [5.41, 5.74) is 0.656. The van der Waals surface area contributed by atoms with Gasteiger partial charge in [0, 0.05) is 32.6 Å². The van der Waals surface area contributed by atoms with Crippen molar-refractivity contribution in [2.45, 2.75) is 54.7 Å². The van der Waals surface area contributed by atoms with Crippen LogP contribution in [0.2, 0.25) is 0 Å². The molecule has 2 aromatic carbocycles. The summed E-state index contributed by atoms with van der Waals surface area (Å²) in [5, 5.41) is 2.80. The molecule has 2 fully saturated rings. The second-order valence-electron chi connectivity index (χ2n) is 9.72. The second-order valence-corrected chi connectivity index (χ2v) is 13.6. The number of sulfonamides is 2. The lowest BCUT2D eigenvalue weighted by Crippen LogP contribution is -2.35. The molecule has 1 amide bonds. The molecule has 2 aliphatic heterocycles. The van der Waals surface area contributed by atoms with Gasteiger partial charge in [-0.3, -0.25) is 4.79 Å². The standard InChI is InChI=1S/C27H37N3O7S2/c1-36-26-13-12-25(39(34,35)30-18-5-6-19-30)21-22(26)7-14-27(31)28-15-20-37-23-8-10-24(11-9-23)38(32,33)29-16-3-2-4-17-29/h8-13,21H,2-7,14-20H2,1H3,(H,28,31). The minimum Gasteiger partial charge on any atom is -0.496 e. The lowest BCUT2D eigenvalue weighted by atomic mass is 10.1. The zero-order chi connectivity index (χ0) is 27.9. The number of rotatable bonds is 12. The van der Waals surface area contributed by atoms with E-state index < -0.39 is 20.0 Å². The van der Waals surface area contributed by atoms with Crippen molar-refractivity contribution >= 4 is 26.0 Å². The Morgan fingerprint density at radius 1 is 0.821 bits per heavy atom. The largest absolute Gasteiger partial charge is 0.496 e. The number of methoxy groups -OCH3 is 1. The van der Waals surface area contributed by atoms with Gasteiger partial charge in [-0.2, -0.15) is 8.61 Å². The molecule has 214 valence electrons. The monoisotopic (exact) mass is 579 g/mol. The highest BCUT2D eigenvalue weighted by Gasteiger charge is 2.28. The van der Waals surface area contributed by atoms with Gasteiger partial charge in [-0.05, 0) is 80.1 Å². The van der Waals surface area contributed by atoms with Gasteiger partial charge >= 0.3 is 0 Å². The second kappa shape index (κ2) is 13.1. The molecule has 0 spiro atoms. The van der Waals surface area contributed by atoms with Crippen LogP contribution in [0, 0.1) is 0 Å². The van der Waals surface area contributed by atoms with Gasteiger partial charge in [-0.1, -0.05) is 6.42 Å². The van der Waals surface area contributed by atoms with Crippen LogP contribution in [-0.4, -0.2) is 77.8 Å². The molecule has 10 nitrogen and oxygen atoms in total. The van der Waals surface area contributed by atoms with E-state index in [1.54, 1.807) is 42.5 Å². The van der Waals surface area contributed by atoms with E-state index in [0.717, 1.165) is 32.1 Å². The Morgan fingerprint density at radius 3 is 2.00 bits per heavy atom. The fourth-order valence-corrected chi connectivity index (χ4v) is 7.93. The number of carbonyl (C=O) groups excluding carboxylic acids is 1. The average Bonchev–Trinajstić information content (AvgIpc) is 3.51. The fraction of sp³-hybridized carbons (Fsp3) is 0.519. The van der Waals surface area contributed by atoms with Crippen molar-refractivity contribution in [3.63, 3.8) is 0 Å². The van der Waals surface area contributed by atoms with E-state index in [2.05, 4.69) is 5.32 Å². The quantitative estimate of drug-likeness (QED) is 0.384. The Bertz CT molecular complexity index is 1330. The zero-order valence-corrected chi connectivity index (χ0v) is 23.9. The molecule has 0 aliphatic carbocycles. The molecule has 0 saturated carbocycles. The Hall–Kier alpha value is -2.67. The van der Waals surface area contributed by atoms with Crippen molar-refractivity contribution in [2.75, 3.05) is 46.4 Å². The minimum absolute atomic E-state index is 0.159. The van der Waals surface area contributed by atoms with Crippen LogP contribution in [0.3, 0.4) is 0 Å². The number of benzene rings is 2. The van der Waals surface area contributed by atoms with Crippen LogP contribution >= 0.6 is 0 Å². The number of aryl methyl sites for hydroxylation is 1. The van der Waals surface area contributed by atoms with Crippen LogP contribution in [0.15, 0.2) is 52.3 Å². The molecule has 2 saturated heterocycles. The number of hydrogen-bond acceptors (Lipinski definition) is 7. The predicted molar refractivity (Wildman–Crippen MR) is 147 cm³/mol. The van der Waals surface area contributed by atoms with Gasteiger partial charge in [0.25, 0.3) is 0 Å². The maximum Gasteiger partial charge on any atom is 0.243 e. The van der Waals surface area contributed by atoms with Crippen molar-refractivity contribution in [3.8, 4) is 11.5 Å². The maximum absolute atomic E-state index is 12.9. The predicted octanol–water partition coefficient (Wildman–Crippen LogP) is 2.78. The Morgan fingerprint density at radius 2 is 1.38 bits per heavy atom. The van der Waals surface area contributed by atoms with Gasteiger partial charge in [0.15, 0.2) is 0 Å². The maximum atomic E-state index is 12.9. The molecular weight excluding hydrogens is 542 g/mol. The van der Waals surface area contributed by atoms with Gasteiger partial charge in [0.05, 0.1) is 23.4 Å². The third-order valence-corrected chi connectivity index (χ3v) is 10.9. The lowest BCUT2D eigenvalue weighted by Gasteiger charge is -2.25. The molecule has 0 bridgehead atoms. The molecule has 0 radical (unpaired) electrons. The van der Waals surface area contributed by atoms with Crippen molar-refractivity contribution in [1.82, 2.24) is 13.9 Å². The minimum atomic E-state index is -3.56. The Labute approximate surface area is 231 Å². The molecule has 4 rings (SSSR count). The third kappa shape index (κ3) is 7.30. The van der Waals surface area contributed by atoms with E-state index in [-0.39, 0.29) is 35.3 Å². The van der Waals surface area contributed by atoms with Crippen molar-refractivity contribution in [3.05, 3.63) is 48.0 Å².